The van der Waals surface area contributed by atoms with Crippen LogP contribution in [0.2, 0.25) is 0 Å². The molecule has 1 aliphatic rings. The minimum absolute atomic E-state index is 0.130. The summed E-state index contributed by atoms with van der Waals surface area (Å²) < 4.78 is 5.00. The number of ketones is 1. The summed E-state index contributed by atoms with van der Waals surface area (Å²) in [6.45, 7) is 6.65. The molecule has 1 heterocycles. The molecule has 0 aliphatic carbocycles. The first-order valence-corrected chi connectivity index (χ1v) is 4.83. The van der Waals surface area contributed by atoms with Crippen LogP contribution in [0.15, 0.2) is 12.1 Å². The normalized spacial score (nSPS) is 19.5. The van der Waals surface area contributed by atoms with Gasteiger partial charge < -0.3 is 4.74 Å². The van der Waals surface area contributed by atoms with Crippen LogP contribution in [-0.2, 0) is 4.74 Å². The molecule has 2 nitrogen and oxygen atoms in total. The minimum atomic E-state index is -0.171. The van der Waals surface area contributed by atoms with E-state index in [9.17, 15) is 4.79 Å². The van der Waals surface area contributed by atoms with Gasteiger partial charge in [-0.05, 0) is 43.5 Å². The van der Waals surface area contributed by atoms with Crippen LogP contribution in [0.3, 0.4) is 0 Å². The first-order valence-electron chi connectivity index (χ1n) is 4.83. The first kappa shape index (κ1) is 9.41. The molecule has 1 aromatic rings. The molecule has 1 unspecified atom stereocenters. The van der Waals surface area contributed by atoms with Crippen LogP contribution < -0.4 is 0 Å². The number of epoxide rings is 1. The summed E-state index contributed by atoms with van der Waals surface area (Å²) in [6, 6.07) is 4.03. The van der Waals surface area contributed by atoms with Crippen molar-refractivity contribution < 1.29 is 9.53 Å². The highest BCUT2D eigenvalue weighted by Gasteiger charge is 2.32. The Morgan fingerprint density at radius 1 is 1.21 bits per heavy atom. The fourth-order valence-electron chi connectivity index (χ4n) is 1.60. The molecule has 0 bridgehead atoms. The highest BCUT2D eigenvalue weighted by Crippen LogP contribution is 2.21. The van der Waals surface area contributed by atoms with Crippen LogP contribution in [0.1, 0.15) is 27.0 Å². The number of carbonyl (C=O) groups is 1. The lowest BCUT2D eigenvalue weighted by molar-refractivity contribution is 0.0953. The van der Waals surface area contributed by atoms with E-state index < -0.39 is 0 Å². The molecule has 2 rings (SSSR count). The highest BCUT2D eigenvalue weighted by molar-refractivity contribution is 6.02. The highest BCUT2D eigenvalue weighted by atomic mass is 16.6. The molecule has 0 aromatic heterocycles. The molecule has 0 radical (unpaired) electrons. The molecule has 0 amide bonds. The third-order valence-electron chi connectivity index (χ3n) is 2.73. The lowest BCUT2D eigenvalue weighted by Crippen LogP contribution is -2.09. The van der Waals surface area contributed by atoms with Crippen molar-refractivity contribution in [2.75, 3.05) is 6.61 Å². The Labute approximate surface area is 83.9 Å². The van der Waals surface area contributed by atoms with Crippen molar-refractivity contribution in [1.82, 2.24) is 0 Å². The topological polar surface area (TPSA) is 29.6 Å². The monoisotopic (exact) mass is 190 g/mol. The number of carbonyl (C=O) groups excluding carboxylic acids is 1. The van der Waals surface area contributed by atoms with Gasteiger partial charge in [0.05, 0.1) is 6.61 Å². The number of hydrogen-bond acceptors (Lipinski definition) is 2. The summed E-state index contributed by atoms with van der Waals surface area (Å²) in [7, 11) is 0. The van der Waals surface area contributed by atoms with E-state index in [4.69, 9.17) is 4.74 Å². The van der Waals surface area contributed by atoms with Crippen LogP contribution >= 0.6 is 0 Å². The quantitative estimate of drug-likeness (QED) is 0.528. The van der Waals surface area contributed by atoms with Gasteiger partial charge in [0, 0.05) is 5.56 Å². The molecular weight excluding hydrogens is 176 g/mol. The van der Waals surface area contributed by atoms with E-state index in [1.807, 2.05) is 19.9 Å². The average Bonchev–Trinajstić information content (AvgIpc) is 2.93. The van der Waals surface area contributed by atoms with Crippen LogP contribution in [0, 0.1) is 20.8 Å². The Morgan fingerprint density at radius 2 is 1.79 bits per heavy atom. The number of hydrogen-bond donors (Lipinski definition) is 0. The molecular formula is C12H14O2. The Morgan fingerprint density at radius 3 is 2.36 bits per heavy atom. The zero-order valence-corrected chi connectivity index (χ0v) is 8.76. The summed E-state index contributed by atoms with van der Waals surface area (Å²) in [6.07, 6.45) is -0.171. The van der Waals surface area contributed by atoms with Gasteiger partial charge in [0.2, 0.25) is 0 Å². The first-order chi connectivity index (χ1) is 6.59. The number of Topliss-reactive ketones (excluding diaryl/α,β-unsaturated/α-hetero) is 1. The van der Waals surface area contributed by atoms with E-state index in [1.165, 1.54) is 11.1 Å². The molecule has 1 fully saturated rings. The van der Waals surface area contributed by atoms with Gasteiger partial charge in [0.1, 0.15) is 6.10 Å². The van der Waals surface area contributed by atoms with Gasteiger partial charge in [-0.1, -0.05) is 6.07 Å². The number of benzene rings is 1. The van der Waals surface area contributed by atoms with Crippen LogP contribution in [0.5, 0.6) is 0 Å². The molecule has 0 spiro atoms. The Balaban J connectivity index is 2.41. The minimum Gasteiger partial charge on any atom is -0.364 e. The van der Waals surface area contributed by atoms with E-state index >= 15 is 0 Å². The third kappa shape index (κ3) is 1.58. The van der Waals surface area contributed by atoms with Gasteiger partial charge in [-0.25, -0.2) is 0 Å². The number of ether oxygens (including phenoxy) is 1. The lowest BCUT2D eigenvalue weighted by atomic mass is 9.97. The van der Waals surface area contributed by atoms with Crippen molar-refractivity contribution >= 4 is 5.78 Å². The summed E-state index contributed by atoms with van der Waals surface area (Å²) >= 11 is 0. The zero-order valence-electron chi connectivity index (χ0n) is 8.76. The van der Waals surface area contributed by atoms with Crippen molar-refractivity contribution in [3.63, 3.8) is 0 Å². The maximum Gasteiger partial charge on any atom is 0.194 e. The maximum atomic E-state index is 11.8. The van der Waals surface area contributed by atoms with Crippen molar-refractivity contribution in [2.45, 2.75) is 26.9 Å². The lowest BCUT2D eigenvalue weighted by Gasteiger charge is -2.07. The predicted molar refractivity (Wildman–Crippen MR) is 54.7 cm³/mol. The number of rotatable bonds is 2. The second kappa shape index (κ2) is 3.21. The maximum absolute atomic E-state index is 11.8. The molecule has 74 valence electrons. The summed E-state index contributed by atoms with van der Waals surface area (Å²) in [4.78, 5) is 11.8. The van der Waals surface area contributed by atoms with Gasteiger partial charge in [-0.3, -0.25) is 4.79 Å². The zero-order chi connectivity index (χ0) is 10.3. The molecule has 0 N–H and O–H groups in total. The van der Waals surface area contributed by atoms with Crippen LogP contribution in [0.25, 0.3) is 0 Å². The Hall–Kier alpha value is -1.15. The fourth-order valence-corrected chi connectivity index (χ4v) is 1.60. The van der Waals surface area contributed by atoms with E-state index in [1.54, 1.807) is 0 Å². The second-order valence-corrected chi connectivity index (χ2v) is 3.94. The fraction of sp³-hybridized carbons (Fsp3) is 0.417. The second-order valence-electron chi connectivity index (χ2n) is 3.94. The van der Waals surface area contributed by atoms with Gasteiger partial charge >= 0.3 is 0 Å². The molecule has 1 saturated heterocycles. The van der Waals surface area contributed by atoms with Crippen molar-refractivity contribution in [2.24, 2.45) is 0 Å². The third-order valence-corrected chi connectivity index (χ3v) is 2.73. The summed E-state index contributed by atoms with van der Waals surface area (Å²) in [5.74, 6) is 0.130. The Kier molecular flexibility index (Phi) is 2.16. The van der Waals surface area contributed by atoms with Gasteiger partial charge in [-0.15, -0.1) is 0 Å². The van der Waals surface area contributed by atoms with Crippen molar-refractivity contribution in [3.8, 4) is 0 Å². The van der Waals surface area contributed by atoms with Gasteiger partial charge in [-0.2, -0.15) is 0 Å². The molecule has 1 atom stereocenters. The predicted octanol–water partition coefficient (Wildman–Crippen LogP) is 2.19. The van der Waals surface area contributed by atoms with E-state index in [0.717, 1.165) is 11.1 Å². The molecule has 1 aliphatic heterocycles. The average molecular weight is 190 g/mol. The summed E-state index contributed by atoms with van der Waals surface area (Å²) in [5, 5.41) is 0. The van der Waals surface area contributed by atoms with E-state index in [-0.39, 0.29) is 11.9 Å². The molecule has 14 heavy (non-hydrogen) atoms. The standard InChI is InChI=1S/C12H14O2/c1-7-4-9(3)10(5-8(7)2)12(13)11-6-14-11/h4-5,11H,6H2,1-3H3. The number of aryl methyl sites for hydroxylation is 3. The summed E-state index contributed by atoms with van der Waals surface area (Å²) in [5.41, 5.74) is 4.26. The van der Waals surface area contributed by atoms with E-state index in [2.05, 4.69) is 13.0 Å². The van der Waals surface area contributed by atoms with Crippen LogP contribution in [0.4, 0.5) is 0 Å². The Bertz CT molecular complexity index is 390. The smallest absolute Gasteiger partial charge is 0.194 e. The SMILES string of the molecule is Cc1cc(C)c(C(=O)C2CO2)cc1C. The largest absolute Gasteiger partial charge is 0.364 e. The molecule has 1 aromatic carbocycles. The van der Waals surface area contributed by atoms with Crippen molar-refractivity contribution in [1.29, 1.82) is 0 Å². The molecule has 2 heteroatoms. The van der Waals surface area contributed by atoms with Crippen LogP contribution in [-0.4, -0.2) is 18.5 Å². The van der Waals surface area contributed by atoms with Gasteiger partial charge in [0.15, 0.2) is 5.78 Å². The van der Waals surface area contributed by atoms with Gasteiger partial charge in [0.25, 0.3) is 0 Å². The van der Waals surface area contributed by atoms with E-state index in [0.29, 0.717) is 6.61 Å². The molecule has 0 saturated carbocycles. The van der Waals surface area contributed by atoms with Crippen molar-refractivity contribution in [3.05, 3.63) is 34.4 Å².